The van der Waals surface area contributed by atoms with Crippen molar-refractivity contribution in [3.63, 3.8) is 0 Å². The number of rotatable bonds is 2. The molecule has 3 heteroatoms. The van der Waals surface area contributed by atoms with Gasteiger partial charge in [-0.2, -0.15) is 5.26 Å². The molecule has 0 atom stereocenters. The third-order valence-corrected chi connectivity index (χ3v) is 2.06. The summed E-state index contributed by atoms with van der Waals surface area (Å²) in [5.74, 6) is 0.404. The van der Waals surface area contributed by atoms with E-state index >= 15 is 0 Å². The maximum atomic E-state index is 8.72. The molecule has 0 radical (unpaired) electrons. The average molecular weight is 194 g/mol. The number of nitrogens with zero attached hydrogens (tertiary/aromatic N) is 1. The highest BCUT2D eigenvalue weighted by atomic mass is 35.5. The molecule has 0 bridgehead atoms. The van der Waals surface area contributed by atoms with Crippen LogP contribution in [0.15, 0.2) is 18.7 Å². The standard InChI is InChI=1S/C10H8ClNO/c1-3-7-4-5-8(6-12)10(13-2)9(7)11/h3-5H,1H2,2H3. The molecule has 0 spiro atoms. The van der Waals surface area contributed by atoms with Crippen molar-refractivity contribution in [3.05, 3.63) is 34.9 Å². The summed E-state index contributed by atoms with van der Waals surface area (Å²) in [6.45, 7) is 3.60. The van der Waals surface area contributed by atoms with Crippen molar-refractivity contribution in [2.24, 2.45) is 0 Å². The van der Waals surface area contributed by atoms with E-state index in [0.29, 0.717) is 16.3 Å². The van der Waals surface area contributed by atoms with E-state index in [1.807, 2.05) is 6.07 Å². The molecule has 0 aliphatic heterocycles. The Morgan fingerprint density at radius 1 is 1.62 bits per heavy atom. The topological polar surface area (TPSA) is 33.0 Å². The Labute approximate surface area is 82.0 Å². The molecule has 0 heterocycles. The van der Waals surface area contributed by atoms with Crippen LogP contribution in [0.2, 0.25) is 5.02 Å². The number of hydrogen-bond acceptors (Lipinski definition) is 2. The lowest BCUT2D eigenvalue weighted by molar-refractivity contribution is 0.413. The fourth-order valence-electron chi connectivity index (χ4n) is 1.02. The van der Waals surface area contributed by atoms with Crippen LogP contribution >= 0.6 is 11.6 Å². The molecule has 0 fully saturated rings. The third-order valence-electron chi connectivity index (χ3n) is 1.67. The van der Waals surface area contributed by atoms with E-state index in [1.165, 1.54) is 7.11 Å². The minimum absolute atomic E-state index is 0.404. The quantitative estimate of drug-likeness (QED) is 0.724. The Balaban J connectivity index is 3.42. The number of ether oxygens (including phenoxy) is 1. The van der Waals surface area contributed by atoms with Gasteiger partial charge >= 0.3 is 0 Å². The minimum Gasteiger partial charge on any atom is -0.494 e. The van der Waals surface area contributed by atoms with Gasteiger partial charge in [0.15, 0.2) is 5.75 Å². The van der Waals surface area contributed by atoms with Gasteiger partial charge in [-0.15, -0.1) is 0 Å². The molecule has 0 amide bonds. The second kappa shape index (κ2) is 3.97. The normalized spacial score (nSPS) is 9.00. The smallest absolute Gasteiger partial charge is 0.155 e. The van der Waals surface area contributed by atoms with Gasteiger partial charge in [0, 0.05) is 0 Å². The largest absolute Gasteiger partial charge is 0.494 e. The summed E-state index contributed by atoms with van der Waals surface area (Å²) in [5.41, 5.74) is 1.19. The van der Waals surface area contributed by atoms with Gasteiger partial charge in [0.25, 0.3) is 0 Å². The van der Waals surface area contributed by atoms with E-state index in [2.05, 4.69) is 6.58 Å². The van der Waals surface area contributed by atoms with Crippen molar-refractivity contribution >= 4 is 17.7 Å². The van der Waals surface area contributed by atoms with Crippen LogP contribution in [-0.2, 0) is 0 Å². The molecule has 1 aromatic carbocycles. The highest BCUT2D eigenvalue weighted by Crippen LogP contribution is 2.31. The van der Waals surface area contributed by atoms with Crippen LogP contribution in [0.4, 0.5) is 0 Å². The molecule has 0 aliphatic rings. The summed E-state index contributed by atoms with van der Waals surface area (Å²) >= 11 is 5.95. The second-order valence-electron chi connectivity index (χ2n) is 2.37. The first kappa shape index (κ1) is 9.63. The zero-order valence-electron chi connectivity index (χ0n) is 7.17. The molecule has 0 aliphatic carbocycles. The maximum Gasteiger partial charge on any atom is 0.155 e. The molecular weight excluding hydrogens is 186 g/mol. The Morgan fingerprint density at radius 2 is 2.31 bits per heavy atom. The summed E-state index contributed by atoms with van der Waals surface area (Å²) in [7, 11) is 1.48. The van der Waals surface area contributed by atoms with Crippen LogP contribution in [0.25, 0.3) is 6.08 Å². The van der Waals surface area contributed by atoms with Crippen LogP contribution in [0.1, 0.15) is 11.1 Å². The van der Waals surface area contributed by atoms with Crippen molar-refractivity contribution in [2.45, 2.75) is 0 Å². The van der Waals surface area contributed by atoms with E-state index in [9.17, 15) is 0 Å². The minimum atomic E-state index is 0.404. The number of nitriles is 1. The molecule has 2 nitrogen and oxygen atoms in total. The fraction of sp³-hybridized carbons (Fsp3) is 0.100. The molecule has 1 aromatic rings. The van der Waals surface area contributed by atoms with Gasteiger partial charge in [-0.05, 0) is 11.6 Å². The zero-order chi connectivity index (χ0) is 9.84. The van der Waals surface area contributed by atoms with Gasteiger partial charge in [-0.3, -0.25) is 0 Å². The summed E-state index contributed by atoms with van der Waals surface area (Å²) in [6.07, 6.45) is 1.62. The monoisotopic (exact) mass is 193 g/mol. The summed E-state index contributed by atoms with van der Waals surface area (Å²) in [4.78, 5) is 0. The SMILES string of the molecule is C=Cc1ccc(C#N)c(OC)c1Cl. The van der Waals surface area contributed by atoms with Crippen molar-refractivity contribution < 1.29 is 4.74 Å². The van der Waals surface area contributed by atoms with Crippen LogP contribution in [0, 0.1) is 11.3 Å². The van der Waals surface area contributed by atoms with E-state index in [-0.39, 0.29) is 0 Å². The average Bonchev–Trinajstić information content (AvgIpc) is 2.17. The molecule has 0 N–H and O–H groups in total. The second-order valence-corrected chi connectivity index (χ2v) is 2.74. The lowest BCUT2D eigenvalue weighted by Gasteiger charge is -2.06. The molecule has 0 saturated carbocycles. The fourth-order valence-corrected chi connectivity index (χ4v) is 1.34. The molecule has 13 heavy (non-hydrogen) atoms. The predicted molar refractivity (Wildman–Crippen MR) is 52.8 cm³/mol. The Kier molecular flexibility index (Phi) is 2.94. The Bertz CT molecular complexity index is 379. The number of halogens is 1. The van der Waals surface area contributed by atoms with Gasteiger partial charge in [-0.25, -0.2) is 0 Å². The van der Waals surface area contributed by atoms with Gasteiger partial charge in [0.1, 0.15) is 6.07 Å². The Hall–Kier alpha value is -1.46. The number of benzene rings is 1. The predicted octanol–water partition coefficient (Wildman–Crippen LogP) is 2.86. The number of hydrogen-bond donors (Lipinski definition) is 0. The van der Waals surface area contributed by atoms with Crippen LogP contribution in [-0.4, -0.2) is 7.11 Å². The van der Waals surface area contributed by atoms with E-state index in [0.717, 1.165) is 5.56 Å². The van der Waals surface area contributed by atoms with Crippen molar-refractivity contribution in [1.29, 1.82) is 5.26 Å². The summed E-state index contributed by atoms with van der Waals surface area (Å²) < 4.78 is 5.01. The van der Waals surface area contributed by atoms with Gasteiger partial charge < -0.3 is 4.74 Å². The Morgan fingerprint density at radius 3 is 2.77 bits per heavy atom. The molecule has 1 rings (SSSR count). The van der Waals surface area contributed by atoms with Crippen LogP contribution in [0.5, 0.6) is 5.75 Å². The highest BCUT2D eigenvalue weighted by molar-refractivity contribution is 6.33. The van der Waals surface area contributed by atoms with Gasteiger partial charge in [-0.1, -0.05) is 30.3 Å². The zero-order valence-corrected chi connectivity index (χ0v) is 7.93. The first-order valence-electron chi connectivity index (χ1n) is 3.63. The van der Waals surface area contributed by atoms with Crippen molar-refractivity contribution in [2.75, 3.05) is 7.11 Å². The molecule has 66 valence electrons. The van der Waals surface area contributed by atoms with Crippen LogP contribution in [0.3, 0.4) is 0 Å². The van der Waals surface area contributed by atoms with E-state index < -0.39 is 0 Å². The van der Waals surface area contributed by atoms with Gasteiger partial charge in [0.05, 0.1) is 17.7 Å². The highest BCUT2D eigenvalue weighted by Gasteiger charge is 2.09. The molecule has 0 unspecified atom stereocenters. The third kappa shape index (κ3) is 1.66. The van der Waals surface area contributed by atoms with E-state index in [4.69, 9.17) is 21.6 Å². The van der Waals surface area contributed by atoms with Crippen molar-refractivity contribution in [3.8, 4) is 11.8 Å². The molecular formula is C10H8ClNO. The lowest BCUT2D eigenvalue weighted by Crippen LogP contribution is -1.90. The van der Waals surface area contributed by atoms with E-state index in [1.54, 1.807) is 18.2 Å². The molecule has 0 aromatic heterocycles. The molecule has 0 saturated heterocycles. The van der Waals surface area contributed by atoms with Gasteiger partial charge in [0.2, 0.25) is 0 Å². The van der Waals surface area contributed by atoms with Crippen molar-refractivity contribution in [1.82, 2.24) is 0 Å². The number of methoxy groups -OCH3 is 1. The first-order valence-corrected chi connectivity index (χ1v) is 4.01. The summed E-state index contributed by atoms with van der Waals surface area (Å²) in [6, 6.07) is 5.38. The summed E-state index contributed by atoms with van der Waals surface area (Å²) in [5, 5.41) is 9.15. The maximum absolute atomic E-state index is 8.72. The first-order chi connectivity index (χ1) is 6.24. The van der Waals surface area contributed by atoms with Crippen LogP contribution < -0.4 is 4.74 Å². The lowest BCUT2D eigenvalue weighted by atomic mass is 10.1.